The lowest BCUT2D eigenvalue weighted by Crippen LogP contribution is -2.46. The number of carbonyl (C=O) groups is 1. The van der Waals surface area contributed by atoms with Crippen molar-refractivity contribution in [1.82, 2.24) is 9.62 Å². The van der Waals surface area contributed by atoms with Crippen LogP contribution in [0.3, 0.4) is 0 Å². The van der Waals surface area contributed by atoms with E-state index < -0.39 is 38.4 Å². The fraction of sp³-hybridized carbons (Fsp3) is 0.588. The van der Waals surface area contributed by atoms with Gasteiger partial charge in [-0.2, -0.15) is 4.31 Å². The number of alkyl carbamates (subject to hydrolysis) is 1. The van der Waals surface area contributed by atoms with Gasteiger partial charge in [-0.25, -0.2) is 13.2 Å². The summed E-state index contributed by atoms with van der Waals surface area (Å²) in [4.78, 5) is 11.5. The first-order valence-electron chi connectivity index (χ1n) is 8.67. The Labute approximate surface area is 163 Å². The fourth-order valence-electron chi connectivity index (χ4n) is 3.49. The minimum atomic E-state index is -4.08. The standard InChI is InChI=1S/C17H24ClN3O5S/c1-17(2,3)26-16(23)20-7-13-10-6-9(10)8-21(13)27(24,25)15-11(18)4-5-12(19)14(15)22/h4-5,9-10,13,22H,6-8,19H2,1-3H3,(H,20,23)/t9?,10?,13-/m1/s1. The highest BCUT2D eigenvalue weighted by atomic mass is 35.5. The van der Waals surface area contributed by atoms with Crippen LogP contribution in [0, 0.1) is 11.8 Å². The molecular formula is C17H24ClN3O5S. The van der Waals surface area contributed by atoms with Crippen molar-refractivity contribution in [2.24, 2.45) is 11.8 Å². The second-order valence-corrected chi connectivity index (χ2v) is 10.2. The summed E-state index contributed by atoms with van der Waals surface area (Å²) in [6, 6.07) is 2.26. The third-order valence-electron chi connectivity index (χ3n) is 4.79. The largest absolute Gasteiger partial charge is 0.504 e. The zero-order valence-corrected chi connectivity index (χ0v) is 17.0. The van der Waals surface area contributed by atoms with Gasteiger partial charge in [0.15, 0.2) is 5.75 Å². The fourth-order valence-corrected chi connectivity index (χ4v) is 5.82. The van der Waals surface area contributed by atoms with E-state index in [4.69, 9.17) is 22.1 Å². The Balaban J connectivity index is 1.81. The van der Waals surface area contributed by atoms with Gasteiger partial charge in [-0.15, -0.1) is 0 Å². The van der Waals surface area contributed by atoms with Crippen molar-refractivity contribution >= 4 is 33.4 Å². The van der Waals surface area contributed by atoms with Crippen LogP contribution in [0.25, 0.3) is 0 Å². The molecule has 10 heteroatoms. The molecule has 1 aromatic carbocycles. The van der Waals surface area contributed by atoms with Crippen LogP contribution in [0.1, 0.15) is 27.2 Å². The van der Waals surface area contributed by atoms with Crippen molar-refractivity contribution in [1.29, 1.82) is 0 Å². The number of fused-ring (bicyclic) bond motifs is 1. The van der Waals surface area contributed by atoms with Crippen LogP contribution in [-0.2, 0) is 14.8 Å². The van der Waals surface area contributed by atoms with E-state index in [1.165, 1.54) is 16.4 Å². The molecule has 1 saturated heterocycles. The number of halogens is 1. The van der Waals surface area contributed by atoms with Crippen molar-refractivity contribution in [3.63, 3.8) is 0 Å². The summed E-state index contributed by atoms with van der Waals surface area (Å²) in [6.07, 6.45) is 0.303. The summed E-state index contributed by atoms with van der Waals surface area (Å²) in [5.74, 6) is -0.147. The molecule has 2 fully saturated rings. The van der Waals surface area contributed by atoms with E-state index in [1.807, 2.05) is 0 Å². The average molecular weight is 418 g/mol. The van der Waals surface area contributed by atoms with E-state index in [1.54, 1.807) is 20.8 Å². The molecule has 3 atom stereocenters. The van der Waals surface area contributed by atoms with Crippen molar-refractivity contribution in [2.45, 2.75) is 43.7 Å². The molecule has 27 heavy (non-hydrogen) atoms. The average Bonchev–Trinajstić information content (AvgIpc) is 3.20. The van der Waals surface area contributed by atoms with E-state index in [0.29, 0.717) is 6.54 Å². The smallest absolute Gasteiger partial charge is 0.407 e. The molecule has 1 amide bonds. The lowest BCUT2D eigenvalue weighted by atomic mass is 10.2. The molecule has 4 N–H and O–H groups in total. The topological polar surface area (TPSA) is 122 Å². The summed E-state index contributed by atoms with van der Waals surface area (Å²) in [7, 11) is -4.08. The van der Waals surface area contributed by atoms with Gasteiger partial charge in [-0.05, 0) is 51.2 Å². The van der Waals surface area contributed by atoms with Crippen molar-refractivity contribution < 1.29 is 23.1 Å². The number of carbonyl (C=O) groups excluding carboxylic acids is 1. The molecule has 2 aliphatic rings. The molecule has 150 valence electrons. The number of sulfonamides is 1. The monoisotopic (exact) mass is 417 g/mol. The highest BCUT2D eigenvalue weighted by molar-refractivity contribution is 7.89. The summed E-state index contributed by atoms with van der Waals surface area (Å²) in [5.41, 5.74) is 4.94. The summed E-state index contributed by atoms with van der Waals surface area (Å²) in [6.45, 7) is 5.69. The second kappa shape index (κ2) is 6.72. The first-order valence-corrected chi connectivity index (χ1v) is 10.5. The molecule has 2 unspecified atom stereocenters. The molecule has 1 saturated carbocycles. The van der Waals surface area contributed by atoms with Crippen LogP contribution >= 0.6 is 11.6 Å². The number of phenols is 1. The molecule has 1 heterocycles. The maximum absolute atomic E-state index is 13.2. The zero-order valence-electron chi connectivity index (χ0n) is 15.4. The van der Waals surface area contributed by atoms with Gasteiger partial charge in [0.05, 0.1) is 10.7 Å². The van der Waals surface area contributed by atoms with Crippen LogP contribution in [0.15, 0.2) is 17.0 Å². The number of nitrogens with zero attached hydrogens (tertiary/aromatic N) is 1. The number of ether oxygens (including phenoxy) is 1. The molecular weight excluding hydrogens is 394 g/mol. The number of aromatic hydroxyl groups is 1. The Bertz CT molecular complexity index is 868. The van der Waals surface area contributed by atoms with Gasteiger partial charge in [-0.3, -0.25) is 0 Å². The number of rotatable bonds is 4. The van der Waals surface area contributed by atoms with Crippen LogP contribution in [0.4, 0.5) is 10.5 Å². The van der Waals surface area contributed by atoms with Crippen molar-refractivity contribution in [3.05, 3.63) is 17.2 Å². The predicted molar refractivity (Wildman–Crippen MR) is 101 cm³/mol. The van der Waals surface area contributed by atoms with Crippen LogP contribution in [0.5, 0.6) is 5.75 Å². The number of benzene rings is 1. The van der Waals surface area contributed by atoms with E-state index in [0.717, 1.165) is 6.42 Å². The maximum Gasteiger partial charge on any atom is 0.407 e. The highest BCUT2D eigenvalue weighted by Crippen LogP contribution is 2.52. The van der Waals surface area contributed by atoms with Gasteiger partial charge in [0.1, 0.15) is 10.5 Å². The number of anilines is 1. The van der Waals surface area contributed by atoms with Crippen LogP contribution in [0.2, 0.25) is 5.02 Å². The normalized spacial score (nSPS) is 25.1. The quantitative estimate of drug-likeness (QED) is 0.509. The summed E-state index contributed by atoms with van der Waals surface area (Å²) < 4.78 is 32.8. The van der Waals surface area contributed by atoms with Gasteiger partial charge < -0.3 is 20.9 Å². The van der Waals surface area contributed by atoms with E-state index in [9.17, 15) is 18.3 Å². The number of nitrogens with two attached hydrogens (primary N) is 1. The number of amides is 1. The van der Waals surface area contributed by atoms with Gasteiger partial charge in [0.2, 0.25) is 10.0 Å². The Hall–Kier alpha value is -1.71. The molecule has 0 spiro atoms. The Morgan fingerprint density at radius 1 is 1.44 bits per heavy atom. The van der Waals surface area contributed by atoms with Gasteiger partial charge >= 0.3 is 6.09 Å². The van der Waals surface area contributed by atoms with Gasteiger partial charge in [0.25, 0.3) is 0 Å². The SMILES string of the molecule is CC(C)(C)OC(=O)NC[C@@H]1C2CC2CN1S(=O)(=O)c1c(Cl)ccc(N)c1O. The molecule has 0 radical (unpaired) electrons. The van der Waals surface area contributed by atoms with Gasteiger partial charge in [0, 0.05) is 19.1 Å². The number of phenolic OH excluding ortho intramolecular Hbond substituents is 1. The minimum absolute atomic E-state index is 0.0641. The molecule has 1 aromatic rings. The van der Waals surface area contributed by atoms with Gasteiger partial charge in [-0.1, -0.05) is 11.6 Å². The number of piperidine rings is 1. The second-order valence-electron chi connectivity index (χ2n) is 8.00. The first kappa shape index (κ1) is 20.0. The zero-order chi connectivity index (χ0) is 20.1. The molecule has 0 bridgehead atoms. The third kappa shape index (κ3) is 3.95. The predicted octanol–water partition coefficient (Wildman–Crippen LogP) is 2.16. The van der Waals surface area contributed by atoms with Crippen LogP contribution < -0.4 is 11.1 Å². The number of hydrogen-bond donors (Lipinski definition) is 3. The number of nitrogens with one attached hydrogen (secondary N) is 1. The third-order valence-corrected chi connectivity index (χ3v) is 7.19. The molecule has 0 aromatic heterocycles. The van der Waals surface area contributed by atoms with Crippen molar-refractivity contribution in [2.75, 3.05) is 18.8 Å². The van der Waals surface area contributed by atoms with Crippen molar-refractivity contribution in [3.8, 4) is 5.75 Å². The Morgan fingerprint density at radius 2 is 2.11 bits per heavy atom. The lowest BCUT2D eigenvalue weighted by molar-refractivity contribution is 0.0517. The number of hydrogen-bond acceptors (Lipinski definition) is 6. The lowest BCUT2D eigenvalue weighted by Gasteiger charge is -2.28. The van der Waals surface area contributed by atoms with Crippen LogP contribution in [-0.4, -0.2) is 48.7 Å². The molecule has 8 nitrogen and oxygen atoms in total. The molecule has 1 aliphatic carbocycles. The van der Waals surface area contributed by atoms with E-state index in [-0.39, 0.29) is 29.1 Å². The molecule has 1 aliphatic heterocycles. The highest BCUT2D eigenvalue weighted by Gasteiger charge is 2.56. The minimum Gasteiger partial charge on any atom is -0.504 e. The Kier molecular flexibility index (Phi) is 4.98. The molecule has 3 rings (SSSR count). The number of nitrogen functional groups attached to an aromatic ring is 1. The maximum atomic E-state index is 13.2. The first-order chi connectivity index (χ1) is 12.4. The summed E-state index contributed by atoms with van der Waals surface area (Å²) >= 11 is 6.05. The van der Waals surface area contributed by atoms with E-state index in [2.05, 4.69) is 5.32 Å². The summed E-state index contributed by atoms with van der Waals surface area (Å²) in [5, 5.41) is 12.7. The van der Waals surface area contributed by atoms with E-state index >= 15 is 0 Å². The Morgan fingerprint density at radius 3 is 2.74 bits per heavy atom.